The lowest BCUT2D eigenvalue weighted by atomic mass is 10.1. The van der Waals surface area contributed by atoms with Crippen LogP contribution in [0.25, 0.3) is 0 Å². The molecule has 0 aliphatic carbocycles. The minimum atomic E-state index is 0.159. The summed E-state index contributed by atoms with van der Waals surface area (Å²) in [4.78, 5) is 4.76. The SMILES string of the molecule is CCOc1ccccc1CN1CCN(Cc2cccc(OC)c2O)C[C@H]1CCO. The number of para-hydroxylation sites is 2. The van der Waals surface area contributed by atoms with Gasteiger partial charge in [0.1, 0.15) is 5.75 Å². The number of hydrogen-bond acceptors (Lipinski definition) is 6. The Morgan fingerprint density at radius 2 is 1.76 bits per heavy atom. The van der Waals surface area contributed by atoms with Gasteiger partial charge in [0, 0.05) is 56.5 Å². The maximum absolute atomic E-state index is 10.4. The van der Waals surface area contributed by atoms with Gasteiger partial charge in [-0.15, -0.1) is 0 Å². The first-order valence-corrected chi connectivity index (χ1v) is 10.3. The van der Waals surface area contributed by atoms with E-state index in [2.05, 4.69) is 15.9 Å². The Kier molecular flexibility index (Phi) is 7.75. The van der Waals surface area contributed by atoms with Gasteiger partial charge in [0.25, 0.3) is 0 Å². The molecular weight excluding hydrogens is 368 g/mol. The molecule has 1 aliphatic heterocycles. The number of benzene rings is 2. The van der Waals surface area contributed by atoms with Crippen LogP contribution in [0.1, 0.15) is 24.5 Å². The molecule has 3 rings (SSSR count). The number of rotatable bonds is 9. The molecular formula is C23H32N2O4. The van der Waals surface area contributed by atoms with Gasteiger partial charge in [0.05, 0.1) is 13.7 Å². The fourth-order valence-corrected chi connectivity index (χ4v) is 3.98. The summed E-state index contributed by atoms with van der Waals surface area (Å²) in [6.45, 7) is 6.91. The van der Waals surface area contributed by atoms with E-state index in [1.807, 2.05) is 37.3 Å². The Hall–Kier alpha value is -2.28. The lowest BCUT2D eigenvalue weighted by Gasteiger charge is -2.41. The first-order chi connectivity index (χ1) is 14.2. The van der Waals surface area contributed by atoms with Gasteiger partial charge >= 0.3 is 0 Å². The number of aliphatic hydroxyl groups is 1. The van der Waals surface area contributed by atoms with Crippen molar-refractivity contribution < 1.29 is 19.7 Å². The van der Waals surface area contributed by atoms with E-state index in [1.165, 1.54) is 5.56 Å². The minimum absolute atomic E-state index is 0.159. The molecule has 2 aromatic rings. The lowest BCUT2D eigenvalue weighted by Crippen LogP contribution is -2.52. The third-order valence-corrected chi connectivity index (χ3v) is 5.49. The fourth-order valence-electron chi connectivity index (χ4n) is 3.98. The summed E-state index contributed by atoms with van der Waals surface area (Å²) in [6, 6.07) is 14.0. The van der Waals surface area contributed by atoms with Crippen LogP contribution in [0, 0.1) is 0 Å². The first-order valence-electron chi connectivity index (χ1n) is 10.3. The Morgan fingerprint density at radius 3 is 2.52 bits per heavy atom. The predicted molar refractivity (Wildman–Crippen MR) is 113 cm³/mol. The van der Waals surface area contributed by atoms with Crippen molar-refractivity contribution in [1.82, 2.24) is 9.80 Å². The van der Waals surface area contributed by atoms with Crippen LogP contribution in [0.3, 0.4) is 0 Å². The molecule has 0 spiro atoms. The minimum Gasteiger partial charge on any atom is -0.504 e. The lowest BCUT2D eigenvalue weighted by molar-refractivity contribution is 0.0490. The zero-order valence-corrected chi connectivity index (χ0v) is 17.4. The highest BCUT2D eigenvalue weighted by Crippen LogP contribution is 2.31. The number of phenols is 1. The van der Waals surface area contributed by atoms with Crippen LogP contribution >= 0.6 is 0 Å². The van der Waals surface area contributed by atoms with Crippen LogP contribution in [0.2, 0.25) is 0 Å². The van der Waals surface area contributed by atoms with Crippen molar-refractivity contribution in [3.8, 4) is 17.2 Å². The molecule has 1 aliphatic rings. The van der Waals surface area contributed by atoms with Gasteiger partial charge in [0.2, 0.25) is 0 Å². The number of ether oxygens (including phenoxy) is 2. The third-order valence-electron chi connectivity index (χ3n) is 5.49. The maximum Gasteiger partial charge on any atom is 0.162 e. The van der Waals surface area contributed by atoms with Crippen molar-refractivity contribution in [3.63, 3.8) is 0 Å². The summed E-state index contributed by atoms with van der Waals surface area (Å²) in [6.07, 6.45) is 0.720. The highest BCUT2D eigenvalue weighted by Gasteiger charge is 2.28. The molecule has 1 saturated heterocycles. The summed E-state index contributed by atoms with van der Waals surface area (Å²) in [7, 11) is 1.56. The van der Waals surface area contributed by atoms with Gasteiger partial charge in [0.15, 0.2) is 11.5 Å². The van der Waals surface area contributed by atoms with E-state index in [9.17, 15) is 10.2 Å². The van der Waals surface area contributed by atoms with Gasteiger partial charge in [-0.25, -0.2) is 0 Å². The monoisotopic (exact) mass is 400 g/mol. The van der Waals surface area contributed by atoms with Crippen molar-refractivity contribution >= 4 is 0 Å². The smallest absolute Gasteiger partial charge is 0.162 e. The number of phenolic OH excluding ortho intramolecular Hbond substituents is 1. The van der Waals surface area contributed by atoms with E-state index in [-0.39, 0.29) is 18.4 Å². The number of methoxy groups -OCH3 is 1. The quantitative estimate of drug-likeness (QED) is 0.675. The molecule has 2 aromatic carbocycles. The van der Waals surface area contributed by atoms with Crippen molar-refractivity contribution in [1.29, 1.82) is 0 Å². The zero-order valence-electron chi connectivity index (χ0n) is 17.4. The molecule has 0 amide bonds. The number of nitrogens with zero attached hydrogens (tertiary/aromatic N) is 2. The highest BCUT2D eigenvalue weighted by atomic mass is 16.5. The van der Waals surface area contributed by atoms with Gasteiger partial charge < -0.3 is 19.7 Å². The molecule has 0 aromatic heterocycles. The first kappa shape index (κ1) is 21.4. The van der Waals surface area contributed by atoms with Crippen LogP contribution in [-0.4, -0.2) is 66.0 Å². The van der Waals surface area contributed by atoms with Crippen LogP contribution < -0.4 is 9.47 Å². The van der Waals surface area contributed by atoms with Crippen molar-refractivity contribution in [2.45, 2.75) is 32.5 Å². The Bertz CT molecular complexity index is 783. The predicted octanol–water partition coefficient (Wildman–Crippen LogP) is 2.87. The summed E-state index contributed by atoms with van der Waals surface area (Å²) in [5, 5.41) is 20.0. The van der Waals surface area contributed by atoms with Gasteiger partial charge in [-0.05, 0) is 25.5 Å². The van der Waals surface area contributed by atoms with Crippen molar-refractivity contribution in [3.05, 3.63) is 53.6 Å². The van der Waals surface area contributed by atoms with Gasteiger partial charge in [-0.1, -0.05) is 30.3 Å². The van der Waals surface area contributed by atoms with E-state index in [0.29, 0.717) is 18.9 Å². The average molecular weight is 401 g/mol. The third kappa shape index (κ3) is 5.41. The molecule has 2 N–H and O–H groups in total. The van der Waals surface area contributed by atoms with Gasteiger partial charge in [-0.3, -0.25) is 9.80 Å². The molecule has 0 saturated carbocycles. The second kappa shape index (κ2) is 10.5. The van der Waals surface area contributed by atoms with Crippen LogP contribution in [0.15, 0.2) is 42.5 Å². The summed E-state index contributed by atoms with van der Waals surface area (Å²) < 4.78 is 11.0. The Morgan fingerprint density at radius 1 is 1.00 bits per heavy atom. The van der Waals surface area contributed by atoms with E-state index in [1.54, 1.807) is 13.2 Å². The number of hydrogen-bond donors (Lipinski definition) is 2. The zero-order chi connectivity index (χ0) is 20.6. The van der Waals surface area contributed by atoms with Crippen molar-refractivity contribution in [2.75, 3.05) is 40.0 Å². The molecule has 6 heteroatoms. The highest BCUT2D eigenvalue weighted by molar-refractivity contribution is 5.45. The van der Waals surface area contributed by atoms with E-state index in [0.717, 1.165) is 43.9 Å². The van der Waals surface area contributed by atoms with E-state index >= 15 is 0 Å². The number of aliphatic hydroxyl groups excluding tert-OH is 1. The van der Waals surface area contributed by atoms with Crippen LogP contribution in [-0.2, 0) is 13.1 Å². The summed E-state index contributed by atoms with van der Waals surface area (Å²) in [5.41, 5.74) is 2.04. The van der Waals surface area contributed by atoms with E-state index < -0.39 is 0 Å². The standard InChI is InChI=1S/C23H32N2O4/c1-3-29-21-9-5-4-7-18(21)16-25-13-12-24(17-20(25)11-14-26)15-19-8-6-10-22(28-2)23(19)27/h4-10,20,26-27H,3,11-17H2,1-2H3/t20-/m1/s1. The Labute approximate surface area is 173 Å². The molecule has 29 heavy (non-hydrogen) atoms. The summed E-state index contributed by atoms with van der Waals surface area (Å²) in [5.74, 6) is 1.64. The van der Waals surface area contributed by atoms with E-state index in [4.69, 9.17) is 9.47 Å². The Balaban J connectivity index is 1.68. The molecule has 0 bridgehead atoms. The fraction of sp³-hybridized carbons (Fsp3) is 0.478. The molecule has 1 fully saturated rings. The number of aromatic hydroxyl groups is 1. The molecule has 6 nitrogen and oxygen atoms in total. The van der Waals surface area contributed by atoms with Crippen LogP contribution in [0.4, 0.5) is 0 Å². The second-order valence-electron chi connectivity index (χ2n) is 7.38. The normalized spacial score (nSPS) is 18.0. The van der Waals surface area contributed by atoms with Gasteiger partial charge in [-0.2, -0.15) is 0 Å². The number of piperazine rings is 1. The molecule has 1 atom stereocenters. The van der Waals surface area contributed by atoms with Crippen molar-refractivity contribution in [2.24, 2.45) is 0 Å². The molecule has 1 heterocycles. The average Bonchev–Trinajstić information content (AvgIpc) is 2.73. The largest absolute Gasteiger partial charge is 0.504 e. The molecule has 158 valence electrons. The second-order valence-corrected chi connectivity index (χ2v) is 7.38. The summed E-state index contributed by atoms with van der Waals surface area (Å²) >= 11 is 0. The molecule has 0 radical (unpaired) electrons. The molecule has 0 unspecified atom stereocenters. The topological polar surface area (TPSA) is 65.4 Å². The van der Waals surface area contributed by atoms with Crippen LogP contribution in [0.5, 0.6) is 17.2 Å². The maximum atomic E-state index is 10.4.